The quantitative estimate of drug-likeness (QED) is 0.823. The summed E-state index contributed by atoms with van der Waals surface area (Å²) in [4.78, 5) is 0. The molecule has 3 rings (SSSR count). The molecule has 0 saturated heterocycles. The molecule has 0 radical (unpaired) electrons. The summed E-state index contributed by atoms with van der Waals surface area (Å²) in [5, 5.41) is 0.791. The molecule has 116 valence electrons. The summed E-state index contributed by atoms with van der Waals surface area (Å²) in [6.07, 6.45) is 1.74. The van der Waals surface area contributed by atoms with Crippen molar-refractivity contribution in [1.82, 2.24) is 0 Å². The highest BCUT2D eigenvalue weighted by atomic mass is 35.5. The van der Waals surface area contributed by atoms with Gasteiger partial charge in [-0.05, 0) is 42.2 Å². The Morgan fingerprint density at radius 1 is 1.05 bits per heavy atom. The lowest BCUT2D eigenvalue weighted by Crippen LogP contribution is -2.36. The summed E-state index contributed by atoms with van der Waals surface area (Å²) in [5.74, 6) is -0.0851. The van der Waals surface area contributed by atoms with Crippen LogP contribution in [0.15, 0.2) is 42.5 Å². The van der Waals surface area contributed by atoms with Gasteiger partial charge < -0.3 is 0 Å². The first kappa shape index (κ1) is 15.7. The summed E-state index contributed by atoms with van der Waals surface area (Å²) in [6.45, 7) is 0.515. The predicted octanol–water partition coefficient (Wildman–Crippen LogP) is 4.28. The van der Waals surface area contributed by atoms with Gasteiger partial charge in [-0.25, -0.2) is 8.42 Å². The molecule has 22 heavy (non-hydrogen) atoms. The van der Waals surface area contributed by atoms with Crippen molar-refractivity contribution in [3.63, 3.8) is 0 Å². The highest BCUT2D eigenvalue weighted by Gasteiger charge is 2.27. The van der Waals surface area contributed by atoms with Gasteiger partial charge in [-0.3, -0.25) is 4.31 Å². The number of hydrogen-bond donors (Lipinski definition) is 0. The first-order valence-electron chi connectivity index (χ1n) is 6.99. The standard InChI is InChI=1S/C16H15Cl2NO2S/c17-14-8-7-12(10-15(14)18)11-22(20,21)19-9-3-5-13-4-1-2-6-16(13)19/h1-2,4,6-8,10H,3,5,9,11H2. The molecule has 1 heterocycles. The second-order valence-corrected chi connectivity index (χ2v) is 8.02. The number of rotatable bonds is 3. The monoisotopic (exact) mass is 355 g/mol. The molecule has 0 aliphatic carbocycles. The SMILES string of the molecule is O=S(=O)(Cc1ccc(Cl)c(Cl)c1)N1CCCc2ccccc21. The fourth-order valence-electron chi connectivity index (χ4n) is 2.71. The van der Waals surface area contributed by atoms with Crippen molar-refractivity contribution in [3.8, 4) is 0 Å². The van der Waals surface area contributed by atoms with Gasteiger partial charge in [0.2, 0.25) is 10.0 Å². The molecule has 0 atom stereocenters. The molecular formula is C16H15Cl2NO2S. The summed E-state index contributed by atoms with van der Waals surface area (Å²) >= 11 is 11.8. The average molecular weight is 356 g/mol. The van der Waals surface area contributed by atoms with E-state index in [0.717, 1.165) is 24.1 Å². The van der Waals surface area contributed by atoms with Crippen molar-refractivity contribution in [2.45, 2.75) is 18.6 Å². The van der Waals surface area contributed by atoms with Crippen LogP contribution in [-0.4, -0.2) is 15.0 Å². The van der Waals surface area contributed by atoms with Crippen LogP contribution in [0.5, 0.6) is 0 Å². The van der Waals surface area contributed by atoms with E-state index in [2.05, 4.69) is 0 Å². The third-order valence-electron chi connectivity index (χ3n) is 3.74. The molecule has 0 unspecified atom stereocenters. The number of benzene rings is 2. The van der Waals surface area contributed by atoms with Crippen molar-refractivity contribution in [3.05, 3.63) is 63.6 Å². The lowest BCUT2D eigenvalue weighted by Gasteiger charge is -2.30. The molecule has 0 spiro atoms. The lowest BCUT2D eigenvalue weighted by molar-refractivity contribution is 0.586. The van der Waals surface area contributed by atoms with Crippen LogP contribution in [-0.2, 0) is 22.2 Å². The van der Waals surface area contributed by atoms with Gasteiger partial charge in [-0.15, -0.1) is 0 Å². The molecule has 0 fully saturated rings. The van der Waals surface area contributed by atoms with E-state index in [1.807, 2.05) is 24.3 Å². The maximum Gasteiger partial charge on any atom is 0.239 e. The van der Waals surface area contributed by atoms with Gasteiger partial charge in [-0.1, -0.05) is 47.5 Å². The van der Waals surface area contributed by atoms with E-state index in [1.165, 1.54) is 4.31 Å². The average Bonchev–Trinajstić information content (AvgIpc) is 2.50. The number of halogens is 2. The molecule has 0 N–H and O–H groups in total. The molecule has 0 aromatic heterocycles. The fraction of sp³-hybridized carbons (Fsp3) is 0.250. The van der Waals surface area contributed by atoms with Crippen LogP contribution in [0, 0.1) is 0 Å². The van der Waals surface area contributed by atoms with E-state index in [4.69, 9.17) is 23.2 Å². The van der Waals surface area contributed by atoms with Crippen molar-refractivity contribution >= 4 is 38.9 Å². The first-order valence-corrected chi connectivity index (χ1v) is 9.36. The minimum Gasteiger partial charge on any atom is -0.270 e. The van der Waals surface area contributed by atoms with Crippen LogP contribution in [0.4, 0.5) is 5.69 Å². The zero-order valence-corrected chi connectivity index (χ0v) is 14.1. The molecule has 6 heteroatoms. The number of hydrogen-bond acceptors (Lipinski definition) is 2. The van der Waals surface area contributed by atoms with E-state index in [1.54, 1.807) is 18.2 Å². The topological polar surface area (TPSA) is 37.4 Å². The third-order valence-corrected chi connectivity index (χ3v) is 6.22. The van der Waals surface area contributed by atoms with Crippen molar-refractivity contribution in [1.29, 1.82) is 0 Å². The molecule has 0 bridgehead atoms. The lowest BCUT2D eigenvalue weighted by atomic mass is 10.0. The Morgan fingerprint density at radius 3 is 2.59 bits per heavy atom. The molecule has 1 aliphatic heterocycles. The van der Waals surface area contributed by atoms with Crippen LogP contribution in [0.25, 0.3) is 0 Å². The highest BCUT2D eigenvalue weighted by Crippen LogP contribution is 2.31. The number of para-hydroxylation sites is 1. The van der Waals surface area contributed by atoms with Crippen LogP contribution in [0.3, 0.4) is 0 Å². The van der Waals surface area contributed by atoms with Crippen LogP contribution >= 0.6 is 23.2 Å². The third kappa shape index (κ3) is 3.09. The minimum absolute atomic E-state index is 0.0851. The Kier molecular flexibility index (Phi) is 4.35. The summed E-state index contributed by atoms with van der Waals surface area (Å²) in [6, 6.07) is 12.6. The highest BCUT2D eigenvalue weighted by molar-refractivity contribution is 7.92. The van der Waals surface area contributed by atoms with Gasteiger partial charge in [0.05, 0.1) is 21.5 Å². The second-order valence-electron chi connectivity index (χ2n) is 5.31. The predicted molar refractivity (Wildman–Crippen MR) is 91.2 cm³/mol. The van der Waals surface area contributed by atoms with E-state index >= 15 is 0 Å². The Bertz CT molecular complexity index is 806. The van der Waals surface area contributed by atoms with E-state index in [9.17, 15) is 8.42 Å². The van der Waals surface area contributed by atoms with Gasteiger partial charge >= 0.3 is 0 Å². The fourth-order valence-corrected chi connectivity index (χ4v) is 4.67. The number of sulfonamides is 1. The molecule has 3 nitrogen and oxygen atoms in total. The van der Waals surface area contributed by atoms with E-state index in [0.29, 0.717) is 22.2 Å². The van der Waals surface area contributed by atoms with Gasteiger partial charge in [0.1, 0.15) is 0 Å². The van der Waals surface area contributed by atoms with Gasteiger partial charge in [0.15, 0.2) is 0 Å². The Hall–Kier alpha value is -1.23. The van der Waals surface area contributed by atoms with Crippen molar-refractivity contribution in [2.24, 2.45) is 0 Å². The largest absolute Gasteiger partial charge is 0.270 e. The number of nitrogens with zero attached hydrogens (tertiary/aromatic N) is 1. The normalized spacial score (nSPS) is 14.7. The number of aryl methyl sites for hydroxylation is 1. The molecule has 0 saturated carbocycles. The number of fused-ring (bicyclic) bond motifs is 1. The summed E-state index contributed by atoms with van der Waals surface area (Å²) in [7, 11) is -3.45. The Balaban J connectivity index is 1.92. The van der Waals surface area contributed by atoms with Crippen molar-refractivity contribution in [2.75, 3.05) is 10.8 Å². The second kappa shape index (κ2) is 6.11. The zero-order chi connectivity index (χ0) is 15.7. The minimum atomic E-state index is -3.45. The maximum absolute atomic E-state index is 12.8. The molecule has 1 aliphatic rings. The van der Waals surface area contributed by atoms with E-state index in [-0.39, 0.29) is 5.75 Å². The van der Waals surface area contributed by atoms with Gasteiger partial charge in [0, 0.05) is 6.54 Å². The van der Waals surface area contributed by atoms with Crippen LogP contribution in [0.2, 0.25) is 10.0 Å². The van der Waals surface area contributed by atoms with Crippen LogP contribution in [0.1, 0.15) is 17.5 Å². The summed E-state index contributed by atoms with van der Waals surface area (Å²) < 4.78 is 27.0. The molecule has 0 amide bonds. The van der Waals surface area contributed by atoms with Crippen molar-refractivity contribution < 1.29 is 8.42 Å². The Morgan fingerprint density at radius 2 is 1.82 bits per heavy atom. The maximum atomic E-state index is 12.8. The summed E-state index contributed by atoms with van der Waals surface area (Å²) in [5.41, 5.74) is 2.50. The zero-order valence-electron chi connectivity index (χ0n) is 11.8. The molecule has 2 aromatic rings. The number of anilines is 1. The first-order chi connectivity index (χ1) is 10.5. The van der Waals surface area contributed by atoms with E-state index < -0.39 is 10.0 Å². The van der Waals surface area contributed by atoms with Gasteiger partial charge in [0.25, 0.3) is 0 Å². The molecular weight excluding hydrogens is 341 g/mol. The van der Waals surface area contributed by atoms with Crippen LogP contribution < -0.4 is 4.31 Å². The molecule has 2 aromatic carbocycles. The Labute approximate surface area is 140 Å². The smallest absolute Gasteiger partial charge is 0.239 e. The van der Waals surface area contributed by atoms with Gasteiger partial charge in [-0.2, -0.15) is 0 Å².